The van der Waals surface area contributed by atoms with Crippen molar-refractivity contribution in [2.75, 3.05) is 5.32 Å². The van der Waals surface area contributed by atoms with Gasteiger partial charge in [0.25, 0.3) is 5.91 Å². The van der Waals surface area contributed by atoms with Gasteiger partial charge in [-0.15, -0.1) is 5.10 Å². The fourth-order valence-electron chi connectivity index (χ4n) is 1.91. The molecule has 23 heavy (non-hydrogen) atoms. The fourth-order valence-corrected chi connectivity index (χ4v) is 2.09. The second-order valence-electron chi connectivity index (χ2n) is 4.64. The summed E-state index contributed by atoms with van der Waals surface area (Å²) in [6, 6.07) is 13.8. The number of ether oxygens (including phenoxy) is 1. The van der Waals surface area contributed by atoms with Gasteiger partial charge < -0.3 is 9.15 Å². The molecule has 0 bridgehead atoms. The molecule has 1 N–H and O–H groups in total. The molecule has 1 amide bonds. The van der Waals surface area contributed by atoms with E-state index in [0.717, 1.165) is 0 Å². The van der Waals surface area contributed by atoms with Crippen molar-refractivity contribution in [3.8, 4) is 11.5 Å². The van der Waals surface area contributed by atoms with E-state index >= 15 is 0 Å². The minimum atomic E-state index is -0.411. The van der Waals surface area contributed by atoms with Crippen LogP contribution in [-0.4, -0.2) is 16.1 Å². The van der Waals surface area contributed by atoms with Crippen LogP contribution in [0, 0.1) is 6.92 Å². The Morgan fingerprint density at radius 3 is 2.74 bits per heavy atom. The molecule has 0 spiro atoms. The van der Waals surface area contributed by atoms with E-state index in [2.05, 4.69) is 15.5 Å². The summed E-state index contributed by atoms with van der Waals surface area (Å²) in [5.74, 6) is 0.880. The minimum Gasteiger partial charge on any atom is -0.456 e. The molecule has 0 saturated heterocycles. The quantitative estimate of drug-likeness (QED) is 0.780. The lowest BCUT2D eigenvalue weighted by Crippen LogP contribution is -2.13. The monoisotopic (exact) mass is 329 g/mol. The summed E-state index contributed by atoms with van der Waals surface area (Å²) < 4.78 is 10.9. The van der Waals surface area contributed by atoms with E-state index in [1.54, 1.807) is 55.5 Å². The van der Waals surface area contributed by atoms with E-state index < -0.39 is 5.91 Å². The SMILES string of the molecule is Cc1nnc(NC(=O)c2ccccc2Oc2cccc(Cl)c2)o1. The zero-order valence-electron chi connectivity index (χ0n) is 12.1. The summed E-state index contributed by atoms with van der Waals surface area (Å²) in [7, 11) is 0. The lowest BCUT2D eigenvalue weighted by Gasteiger charge is -2.10. The Kier molecular flexibility index (Phi) is 4.25. The summed E-state index contributed by atoms with van der Waals surface area (Å²) in [5, 5.41) is 10.5. The molecule has 0 aliphatic heterocycles. The highest BCUT2D eigenvalue weighted by atomic mass is 35.5. The normalized spacial score (nSPS) is 10.3. The van der Waals surface area contributed by atoms with Crippen molar-refractivity contribution in [1.29, 1.82) is 0 Å². The zero-order chi connectivity index (χ0) is 16.2. The highest BCUT2D eigenvalue weighted by Crippen LogP contribution is 2.27. The number of anilines is 1. The molecule has 2 aromatic carbocycles. The molecule has 6 nitrogen and oxygen atoms in total. The second kappa shape index (κ2) is 6.50. The second-order valence-corrected chi connectivity index (χ2v) is 5.07. The fraction of sp³-hybridized carbons (Fsp3) is 0.0625. The summed E-state index contributed by atoms with van der Waals surface area (Å²) >= 11 is 5.94. The number of rotatable bonds is 4. The molecule has 3 aromatic rings. The van der Waals surface area contributed by atoms with Crippen LogP contribution in [0.25, 0.3) is 0 Å². The first-order valence-electron chi connectivity index (χ1n) is 6.76. The Balaban J connectivity index is 1.84. The van der Waals surface area contributed by atoms with Crippen LogP contribution in [0.1, 0.15) is 16.2 Å². The van der Waals surface area contributed by atoms with Crippen molar-refractivity contribution in [2.24, 2.45) is 0 Å². The topological polar surface area (TPSA) is 77.2 Å². The summed E-state index contributed by atoms with van der Waals surface area (Å²) in [4.78, 5) is 12.4. The molecule has 1 aromatic heterocycles. The molecule has 0 unspecified atom stereocenters. The lowest BCUT2D eigenvalue weighted by molar-refractivity contribution is 0.102. The minimum absolute atomic E-state index is 0.0325. The highest BCUT2D eigenvalue weighted by Gasteiger charge is 2.15. The molecule has 0 aliphatic carbocycles. The smallest absolute Gasteiger partial charge is 0.322 e. The molecule has 0 aliphatic rings. The van der Waals surface area contributed by atoms with Crippen molar-refractivity contribution in [1.82, 2.24) is 10.2 Å². The molecule has 0 atom stereocenters. The van der Waals surface area contributed by atoms with E-state index in [0.29, 0.717) is 28.0 Å². The number of amides is 1. The number of nitrogens with one attached hydrogen (secondary N) is 1. The molecule has 7 heteroatoms. The molecule has 1 heterocycles. The third kappa shape index (κ3) is 3.67. The van der Waals surface area contributed by atoms with Gasteiger partial charge in [0, 0.05) is 11.9 Å². The number of hydrogen-bond acceptors (Lipinski definition) is 5. The summed E-state index contributed by atoms with van der Waals surface area (Å²) in [6.45, 7) is 1.64. The Bertz CT molecular complexity index is 848. The number of benzene rings is 2. The maximum Gasteiger partial charge on any atom is 0.322 e. The number of para-hydroxylation sites is 1. The molecular weight excluding hydrogens is 318 g/mol. The zero-order valence-corrected chi connectivity index (χ0v) is 12.9. The van der Waals surface area contributed by atoms with E-state index in [1.807, 2.05) is 0 Å². The Morgan fingerprint density at radius 2 is 2.00 bits per heavy atom. The Hall–Kier alpha value is -2.86. The average molecular weight is 330 g/mol. The maximum atomic E-state index is 12.4. The van der Waals surface area contributed by atoms with Gasteiger partial charge in [0.2, 0.25) is 5.89 Å². The van der Waals surface area contributed by atoms with E-state index in [4.69, 9.17) is 20.8 Å². The van der Waals surface area contributed by atoms with Crippen molar-refractivity contribution < 1.29 is 13.9 Å². The van der Waals surface area contributed by atoms with Crippen LogP contribution in [-0.2, 0) is 0 Å². The van der Waals surface area contributed by atoms with Crippen molar-refractivity contribution in [3.63, 3.8) is 0 Å². The van der Waals surface area contributed by atoms with Gasteiger partial charge in [0.05, 0.1) is 5.56 Å². The first-order valence-corrected chi connectivity index (χ1v) is 7.13. The van der Waals surface area contributed by atoms with Crippen LogP contribution in [0.15, 0.2) is 52.9 Å². The third-order valence-electron chi connectivity index (χ3n) is 2.90. The average Bonchev–Trinajstić information content (AvgIpc) is 2.93. The third-order valence-corrected chi connectivity index (χ3v) is 3.14. The number of hydrogen-bond donors (Lipinski definition) is 1. The lowest BCUT2D eigenvalue weighted by atomic mass is 10.2. The van der Waals surface area contributed by atoms with Crippen molar-refractivity contribution in [3.05, 3.63) is 65.0 Å². The van der Waals surface area contributed by atoms with Gasteiger partial charge in [-0.05, 0) is 30.3 Å². The highest BCUT2D eigenvalue weighted by molar-refractivity contribution is 6.30. The van der Waals surface area contributed by atoms with Gasteiger partial charge in [-0.25, -0.2) is 0 Å². The first-order chi connectivity index (χ1) is 11.1. The number of halogens is 1. The predicted octanol–water partition coefficient (Wildman–Crippen LogP) is 4.08. The number of carbonyl (C=O) groups is 1. The maximum absolute atomic E-state index is 12.4. The molecule has 3 rings (SSSR count). The standard InChI is InChI=1S/C16H12ClN3O3/c1-10-19-20-16(22-10)18-15(21)13-7-2-3-8-14(13)23-12-6-4-5-11(17)9-12/h2-9H,1H3,(H,18,20,21). The van der Waals surface area contributed by atoms with Crippen molar-refractivity contribution >= 4 is 23.5 Å². The van der Waals surface area contributed by atoms with Crippen molar-refractivity contribution in [2.45, 2.75) is 6.92 Å². The molecule has 0 fully saturated rings. The largest absolute Gasteiger partial charge is 0.456 e. The van der Waals surface area contributed by atoms with Gasteiger partial charge in [0.15, 0.2) is 0 Å². The molecule has 0 saturated carbocycles. The molecular formula is C16H12ClN3O3. The number of nitrogens with zero attached hydrogens (tertiary/aromatic N) is 2. The van der Waals surface area contributed by atoms with Gasteiger partial charge in [-0.2, -0.15) is 0 Å². The van der Waals surface area contributed by atoms with Crippen LogP contribution >= 0.6 is 11.6 Å². The molecule has 0 radical (unpaired) electrons. The van der Waals surface area contributed by atoms with Gasteiger partial charge in [-0.3, -0.25) is 10.1 Å². The van der Waals surface area contributed by atoms with Gasteiger partial charge in [0.1, 0.15) is 11.5 Å². The van der Waals surface area contributed by atoms with Crippen LogP contribution in [0.3, 0.4) is 0 Å². The number of aromatic nitrogens is 2. The molecule has 116 valence electrons. The van der Waals surface area contributed by atoms with Crippen LogP contribution < -0.4 is 10.1 Å². The summed E-state index contributed by atoms with van der Waals surface area (Å²) in [6.07, 6.45) is 0. The summed E-state index contributed by atoms with van der Waals surface area (Å²) in [5.41, 5.74) is 0.336. The Morgan fingerprint density at radius 1 is 1.17 bits per heavy atom. The van der Waals surface area contributed by atoms with E-state index in [1.165, 1.54) is 0 Å². The van der Waals surface area contributed by atoms with E-state index in [9.17, 15) is 4.79 Å². The van der Waals surface area contributed by atoms with Gasteiger partial charge in [-0.1, -0.05) is 34.9 Å². The van der Waals surface area contributed by atoms with Gasteiger partial charge >= 0.3 is 6.01 Å². The van der Waals surface area contributed by atoms with E-state index in [-0.39, 0.29) is 6.01 Å². The Labute approximate surface area is 137 Å². The van der Waals surface area contributed by atoms with Crippen LogP contribution in [0.4, 0.5) is 6.01 Å². The van der Waals surface area contributed by atoms with Crippen LogP contribution in [0.2, 0.25) is 5.02 Å². The van der Waals surface area contributed by atoms with Crippen LogP contribution in [0.5, 0.6) is 11.5 Å². The number of aryl methyl sites for hydroxylation is 1. The predicted molar refractivity (Wildman–Crippen MR) is 85.0 cm³/mol. The number of carbonyl (C=O) groups excluding carboxylic acids is 1. The first kappa shape index (κ1) is 15.1.